The van der Waals surface area contributed by atoms with Gasteiger partial charge < -0.3 is 5.32 Å². The first-order valence-corrected chi connectivity index (χ1v) is 6.62. The maximum Gasteiger partial charge on any atom is 0.337 e. The average Bonchev–Trinajstić information content (AvgIpc) is 2.40. The number of nitrogens with zero attached hydrogens (tertiary/aromatic N) is 1. The fourth-order valence-corrected chi connectivity index (χ4v) is 1.96. The van der Waals surface area contributed by atoms with Gasteiger partial charge in [-0.05, 0) is 46.3 Å². The summed E-state index contributed by atoms with van der Waals surface area (Å²) < 4.78 is 13.4. The summed E-state index contributed by atoms with van der Waals surface area (Å²) in [5, 5.41) is 2.70. The van der Waals surface area contributed by atoms with Crippen LogP contribution in [0.1, 0.15) is 0 Å². The van der Waals surface area contributed by atoms with Crippen molar-refractivity contribution >= 4 is 44.9 Å². The van der Waals surface area contributed by atoms with Crippen molar-refractivity contribution in [1.29, 1.82) is 0 Å². The summed E-state index contributed by atoms with van der Waals surface area (Å²) in [6, 6.07) is 6.76. The van der Waals surface area contributed by atoms with Crippen molar-refractivity contribution in [2.75, 3.05) is 10.7 Å². The van der Waals surface area contributed by atoms with Gasteiger partial charge in [-0.15, -0.1) is 0 Å². The topological polar surface area (TPSA) is 66.1 Å². The Morgan fingerprint density at radius 3 is 2.80 bits per heavy atom. The number of halogens is 3. The number of pyridine rings is 1. The molecule has 3 N–H and O–H groups in total. The molecule has 1 aromatic heterocycles. The minimum Gasteiger partial charge on any atom is -0.304 e. The lowest BCUT2D eigenvalue weighted by Crippen LogP contribution is -2.33. The Kier molecular flexibility index (Phi) is 4.75. The Balaban J connectivity index is 1.94. The van der Waals surface area contributed by atoms with Gasteiger partial charge in [-0.25, -0.2) is 14.2 Å². The number of rotatable bonds is 3. The van der Waals surface area contributed by atoms with Crippen molar-refractivity contribution in [3.05, 3.63) is 52.0 Å². The van der Waals surface area contributed by atoms with Crippen LogP contribution in [0.3, 0.4) is 0 Å². The van der Waals surface area contributed by atoms with Crippen LogP contribution >= 0.6 is 27.5 Å². The van der Waals surface area contributed by atoms with E-state index in [0.29, 0.717) is 15.8 Å². The highest BCUT2D eigenvalue weighted by molar-refractivity contribution is 9.10. The van der Waals surface area contributed by atoms with Crippen LogP contribution in [0.4, 0.5) is 20.6 Å². The van der Waals surface area contributed by atoms with Crippen LogP contribution in [0, 0.1) is 5.82 Å². The fraction of sp³-hybridized carbons (Fsp3) is 0. The standard InChI is InChI=1S/C12H9BrClFN4O/c13-8-6-7(15)3-4-9(8)18-19-12(20)17-10-2-1-5-16-11(10)14/h1-6,18H,(H2,17,19,20). The van der Waals surface area contributed by atoms with Gasteiger partial charge in [0.2, 0.25) is 0 Å². The normalized spacial score (nSPS) is 9.95. The number of amides is 2. The van der Waals surface area contributed by atoms with Gasteiger partial charge in [0.1, 0.15) is 5.82 Å². The molecule has 2 rings (SSSR count). The van der Waals surface area contributed by atoms with Crippen molar-refractivity contribution in [2.45, 2.75) is 0 Å². The van der Waals surface area contributed by atoms with Gasteiger partial charge in [-0.1, -0.05) is 11.6 Å². The van der Waals surface area contributed by atoms with Crippen molar-refractivity contribution in [3.63, 3.8) is 0 Å². The molecule has 2 aromatic rings. The molecule has 20 heavy (non-hydrogen) atoms. The van der Waals surface area contributed by atoms with E-state index in [9.17, 15) is 9.18 Å². The molecule has 0 aliphatic rings. The van der Waals surface area contributed by atoms with Gasteiger partial charge in [0.25, 0.3) is 0 Å². The zero-order chi connectivity index (χ0) is 14.5. The smallest absolute Gasteiger partial charge is 0.304 e. The predicted octanol–water partition coefficient (Wildman–Crippen LogP) is 3.79. The van der Waals surface area contributed by atoms with Crippen LogP contribution in [0.25, 0.3) is 0 Å². The van der Waals surface area contributed by atoms with E-state index in [0.717, 1.165) is 0 Å². The fourth-order valence-electron chi connectivity index (χ4n) is 1.35. The van der Waals surface area contributed by atoms with Crippen LogP contribution in [0.5, 0.6) is 0 Å². The Labute approximate surface area is 127 Å². The zero-order valence-electron chi connectivity index (χ0n) is 9.95. The van der Waals surface area contributed by atoms with Gasteiger partial charge in [0.05, 0.1) is 11.4 Å². The molecule has 0 radical (unpaired) electrons. The minimum absolute atomic E-state index is 0.186. The van der Waals surface area contributed by atoms with E-state index >= 15 is 0 Å². The number of carbonyl (C=O) groups excluding carboxylic acids is 1. The molecule has 0 spiro atoms. The van der Waals surface area contributed by atoms with Crippen molar-refractivity contribution in [2.24, 2.45) is 0 Å². The molecule has 5 nitrogen and oxygen atoms in total. The number of benzene rings is 1. The minimum atomic E-state index is -0.531. The van der Waals surface area contributed by atoms with Crippen molar-refractivity contribution in [1.82, 2.24) is 10.4 Å². The first-order valence-electron chi connectivity index (χ1n) is 5.45. The van der Waals surface area contributed by atoms with E-state index in [4.69, 9.17) is 11.6 Å². The molecule has 0 saturated carbocycles. The first kappa shape index (κ1) is 14.5. The Hall–Kier alpha value is -1.86. The number of urea groups is 1. The number of aromatic nitrogens is 1. The summed E-state index contributed by atoms with van der Waals surface area (Å²) in [6.45, 7) is 0. The number of anilines is 2. The summed E-state index contributed by atoms with van der Waals surface area (Å²) >= 11 is 8.98. The van der Waals surface area contributed by atoms with Crippen LogP contribution in [-0.2, 0) is 0 Å². The van der Waals surface area contributed by atoms with E-state index in [1.807, 2.05) is 0 Å². The zero-order valence-corrected chi connectivity index (χ0v) is 12.3. The summed E-state index contributed by atoms with van der Waals surface area (Å²) in [4.78, 5) is 15.5. The maximum absolute atomic E-state index is 12.9. The molecule has 0 fully saturated rings. The van der Waals surface area contributed by atoms with E-state index in [1.165, 1.54) is 24.4 Å². The highest BCUT2D eigenvalue weighted by Gasteiger charge is 2.06. The monoisotopic (exact) mass is 358 g/mol. The lowest BCUT2D eigenvalue weighted by atomic mass is 10.3. The van der Waals surface area contributed by atoms with Crippen LogP contribution < -0.4 is 16.2 Å². The summed E-state index contributed by atoms with van der Waals surface area (Å²) in [5.74, 6) is -0.381. The highest BCUT2D eigenvalue weighted by atomic mass is 79.9. The molecule has 1 aromatic carbocycles. The Morgan fingerprint density at radius 1 is 1.30 bits per heavy atom. The van der Waals surface area contributed by atoms with E-state index in [2.05, 4.69) is 37.1 Å². The third kappa shape index (κ3) is 3.82. The Morgan fingerprint density at radius 2 is 2.10 bits per heavy atom. The molecule has 1 heterocycles. The Bertz CT molecular complexity index is 641. The number of nitrogens with one attached hydrogen (secondary N) is 3. The van der Waals surface area contributed by atoms with Crippen molar-refractivity contribution in [3.8, 4) is 0 Å². The number of hydrogen-bond acceptors (Lipinski definition) is 3. The lowest BCUT2D eigenvalue weighted by molar-refractivity contribution is 0.254. The molecule has 8 heteroatoms. The van der Waals surface area contributed by atoms with Crippen LogP contribution in [0.15, 0.2) is 41.0 Å². The summed E-state index contributed by atoms with van der Waals surface area (Å²) in [5.41, 5.74) is 5.93. The highest BCUT2D eigenvalue weighted by Crippen LogP contribution is 2.22. The maximum atomic E-state index is 12.9. The molecule has 0 atom stereocenters. The average molecular weight is 360 g/mol. The van der Waals surface area contributed by atoms with Gasteiger partial charge in [-0.2, -0.15) is 0 Å². The summed E-state index contributed by atoms with van der Waals surface area (Å²) in [6.07, 6.45) is 1.51. The van der Waals surface area contributed by atoms with E-state index in [1.54, 1.807) is 12.1 Å². The summed E-state index contributed by atoms with van der Waals surface area (Å²) in [7, 11) is 0. The molecule has 0 aliphatic heterocycles. The van der Waals surface area contributed by atoms with E-state index < -0.39 is 6.03 Å². The van der Waals surface area contributed by atoms with Gasteiger partial charge in [0, 0.05) is 10.7 Å². The van der Waals surface area contributed by atoms with Crippen LogP contribution in [-0.4, -0.2) is 11.0 Å². The quantitative estimate of drug-likeness (QED) is 0.577. The molecule has 2 amide bonds. The molecular weight excluding hydrogens is 351 g/mol. The largest absolute Gasteiger partial charge is 0.337 e. The molecule has 0 saturated heterocycles. The van der Waals surface area contributed by atoms with Crippen molar-refractivity contribution < 1.29 is 9.18 Å². The van der Waals surface area contributed by atoms with Gasteiger partial charge in [0.15, 0.2) is 5.15 Å². The SMILES string of the molecule is O=C(NNc1ccc(F)cc1Br)Nc1cccnc1Cl. The molecular formula is C12H9BrClFN4O. The molecule has 104 valence electrons. The second-order valence-electron chi connectivity index (χ2n) is 3.67. The van der Waals surface area contributed by atoms with Crippen LogP contribution in [0.2, 0.25) is 5.15 Å². The third-order valence-corrected chi connectivity index (χ3v) is 3.21. The first-order chi connectivity index (χ1) is 9.56. The number of carbonyl (C=O) groups is 1. The van der Waals surface area contributed by atoms with E-state index in [-0.39, 0.29) is 11.0 Å². The second kappa shape index (κ2) is 6.53. The van der Waals surface area contributed by atoms with Gasteiger partial charge in [-0.3, -0.25) is 10.9 Å². The number of hydrogen-bond donors (Lipinski definition) is 3. The molecule has 0 unspecified atom stereocenters. The number of hydrazine groups is 1. The second-order valence-corrected chi connectivity index (χ2v) is 4.88. The third-order valence-electron chi connectivity index (χ3n) is 2.25. The molecule has 0 aliphatic carbocycles. The van der Waals surface area contributed by atoms with Gasteiger partial charge >= 0.3 is 6.03 Å². The molecule has 0 bridgehead atoms. The predicted molar refractivity (Wildman–Crippen MR) is 79.1 cm³/mol. The lowest BCUT2D eigenvalue weighted by Gasteiger charge is -2.11.